The minimum atomic E-state index is -1.09. The van der Waals surface area contributed by atoms with Crippen LogP contribution in [0.5, 0.6) is 0 Å². The molecule has 23 heavy (non-hydrogen) atoms. The van der Waals surface area contributed by atoms with E-state index in [0.29, 0.717) is 5.92 Å². The SMILES string of the molecule is CC(C)c1ccc2c(c1)[C@@](O)(c1ccc(C(=O)O)cc1)C2(C)C. The van der Waals surface area contributed by atoms with E-state index in [1.54, 1.807) is 24.3 Å². The fourth-order valence-electron chi connectivity index (χ4n) is 3.60. The smallest absolute Gasteiger partial charge is 0.335 e. The summed E-state index contributed by atoms with van der Waals surface area (Å²) < 4.78 is 0. The fourth-order valence-corrected chi connectivity index (χ4v) is 3.60. The van der Waals surface area contributed by atoms with Crippen LogP contribution in [0.25, 0.3) is 0 Å². The number of carboxylic acid groups (broad SMARTS) is 1. The van der Waals surface area contributed by atoms with E-state index >= 15 is 0 Å². The summed E-state index contributed by atoms with van der Waals surface area (Å²) in [5.74, 6) is -0.568. The lowest BCUT2D eigenvalue weighted by atomic mass is 9.52. The highest BCUT2D eigenvalue weighted by Crippen LogP contribution is 2.58. The Morgan fingerprint density at radius 2 is 1.61 bits per heavy atom. The van der Waals surface area contributed by atoms with Crippen LogP contribution in [-0.2, 0) is 11.0 Å². The summed E-state index contributed by atoms with van der Waals surface area (Å²) in [6.45, 7) is 8.31. The van der Waals surface area contributed by atoms with Crippen molar-refractivity contribution in [2.45, 2.75) is 44.6 Å². The lowest BCUT2D eigenvalue weighted by Crippen LogP contribution is -2.55. The van der Waals surface area contributed by atoms with Gasteiger partial charge in [0.1, 0.15) is 5.60 Å². The number of rotatable bonds is 3. The van der Waals surface area contributed by atoms with Gasteiger partial charge in [-0.05, 0) is 40.3 Å². The zero-order valence-electron chi connectivity index (χ0n) is 13.9. The van der Waals surface area contributed by atoms with Gasteiger partial charge in [-0.25, -0.2) is 4.79 Å². The Balaban J connectivity index is 2.13. The van der Waals surface area contributed by atoms with Crippen molar-refractivity contribution in [1.29, 1.82) is 0 Å². The molecular weight excluding hydrogens is 288 g/mol. The van der Waals surface area contributed by atoms with Gasteiger partial charge in [-0.2, -0.15) is 0 Å². The maximum atomic E-state index is 11.4. The van der Waals surface area contributed by atoms with E-state index in [2.05, 4.69) is 32.0 Å². The molecule has 0 heterocycles. The third kappa shape index (κ3) is 2.03. The standard InChI is InChI=1S/C20H22O3/c1-12(2)14-7-10-16-17(11-14)20(23,19(16,3)4)15-8-5-13(6-9-15)18(21)22/h5-12,23H,1-4H3,(H,21,22)/t20-/m0/s1. The topological polar surface area (TPSA) is 57.5 Å². The summed E-state index contributed by atoms with van der Waals surface area (Å²) in [5, 5.41) is 20.5. The molecule has 3 rings (SSSR count). The van der Waals surface area contributed by atoms with Gasteiger partial charge in [0.15, 0.2) is 0 Å². The summed E-state index contributed by atoms with van der Waals surface area (Å²) in [6, 6.07) is 12.8. The number of benzene rings is 2. The van der Waals surface area contributed by atoms with Crippen molar-refractivity contribution in [2.75, 3.05) is 0 Å². The van der Waals surface area contributed by atoms with Gasteiger partial charge in [0.2, 0.25) is 0 Å². The van der Waals surface area contributed by atoms with Crippen molar-refractivity contribution in [1.82, 2.24) is 0 Å². The molecule has 2 aromatic carbocycles. The van der Waals surface area contributed by atoms with Crippen LogP contribution in [0.15, 0.2) is 42.5 Å². The Kier molecular flexibility index (Phi) is 3.38. The molecule has 0 unspecified atom stereocenters. The van der Waals surface area contributed by atoms with E-state index in [1.807, 2.05) is 13.8 Å². The first-order valence-corrected chi connectivity index (χ1v) is 7.90. The zero-order chi connectivity index (χ0) is 17.0. The van der Waals surface area contributed by atoms with Crippen LogP contribution in [0, 0.1) is 0 Å². The fraction of sp³-hybridized carbons (Fsp3) is 0.350. The van der Waals surface area contributed by atoms with Crippen LogP contribution in [0.2, 0.25) is 0 Å². The first kappa shape index (κ1) is 15.8. The van der Waals surface area contributed by atoms with Gasteiger partial charge in [-0.15, -0.1) is 0 Å². The molecule has 2 aromatic rings. The van der Waals surface area contributed by atoms with E-state index < -0.39 is 17.0 Å². The largest absolute Gasteiger partial charge is 0.478 e. The van der Waals surface area contributed by atoms with Crippen molar-refractivity contribution < 1.29 is 15.0 Å². The van der Waals surface area contributed by atoms with Gasteiger partial charge >= 0.3 is 5.97 Å². The van der Waals surface area contributed by atoms with Crippen LogP contribution < -0.4 is 0 Å². The van der Waals surface area contributed by atoms with E-state index in [4.69, 9.17) is 5.11 Å². The second-order valence-corrected chi connectivity index (χ2v) is 7.18. The summed E-state index contributed by atoms with van der Waals surface area (Å²) in [6.07, 6.45) is 0. The molecule has 120 valence electrons. The summed E-state index contributed by atoms with van der Waals surface area (Å²) in [7, 11) is 0. The molecule has 1 atom stereocenters. The van der Waals surface area contributed by atoms with Crippen LogP contribution in [0.1, 0.15) is 66.2 Å². The summed E-state index contributed by atoms with van der Waals surface area (Å²) in [4.78, 5) is 11.0. The third-order valence-corrected chi connectivity index (χ3v) is 5.23. The van der Waals surface area contributed by atoms with Gasteiger partial charge < -0.3 is 10.2 Å². The molecular formula is C20H22O3. The molecule has 0 aromatic heterocycles. The van der Waals surface area contributed by atoms with Crippen molar-refractivity contribution in [3.8, 4) is 0 Å². The minimum absolute atomic E-state index is 0.227. The van der Waals surface area contributed by atoms with Crippen molar-refractivity contribution in [2.24, 2.45) is 0 Å². The van der Waals surface area contributed by atoms with Crippen LogP contribution >= 0.6 is 0 Å². The number of aliphatic hydroxyl groups is 1. The summed E-state index contributed by atoms with van der Waals surface area (Å²) >= 11 is 0. The average molecular weight is 310 g/mol. The minimum Gasteiger partial charge on any atom is -0.478 e. The van der Waals surface area contributed by atoms with Crippen LogP contribution in [0.3, 0.4) is 0 Å². The highest BCUT2D eigenvalue weighted by molar-refractivity contribution is 5.87. The van der Waals surface area contributed by atoms with E-state index in [9.17, 15) is 9.90 Å². The average Bonchev–Trinajstić information content (AvgIpc) is 2.53. The number of fused-ring (bicyclic) bond motifs is 1. The highest BCUT2D eigenvalue weighted by Gasteiger charge is 2.57. The second kappa shape index (κ2) is 4.93. The molecule has 1 aliphatic carbocycles. The molecule has 0 aliphatic heterocycles. The summed E-state index contributed by atoms with van der Waals surface area (Å²) in [5.41, 5.74) is 2.72. The van der Waals surface area contributed by atoms with Crippen LogP contribution in [0.4, 0.5) is 0 Å². The molecule has 2 N–H and O–H groups in total. The van der Waals surface area contributed by atoms with E-state index in [0.717, 1.165) is 16.7 Å². The van der Waals surface area contributed by atoms with E-state index in [1.165, 1.54) is 5.56 Å². The zero-order valence-corrected chi connectivity index (χ0v) is 13.9. The third-order valence-electron chi connectivity index (χ3n) is 5.23. The molecule has 0 amide bonds. The Morgan fingerprint density at radius 1 is 1.00 bits per heavy atom. The quantitative estimate of drug-likeness (QED) is 0.899. The maximum Gasteiger partial charge on any atom is 0.335 e. The Hall–Kier alpha value is -2.13. The monoisotopic (exact) mass is 310 g/mol. The van der Waals surface area contributed by atoms with Crippen molar-refractivity contribution in [3.05, 3.63) is 70.3 Å². The van der Waals surface area contributed by atoms with Gasteiger partial charge in [-0.1, -0.05) is 58.0 Å². The second-order valence-electron chi connectivity index (χ2n) is 7.18. The number of carboxylic acids is 1. The Bertz CT molecular complexity index is 772. The maximum absolute atomic E-state index is 11.4. The first-order chi connectivity index (χ1) is 10.7. The highest BCUT2D eigenvalue weighted by atomic mass is 16.4. The molecule has 3 nitrogen and oxygen atoms in total. The molecule has 0 bridgehead atoms. The Morgan fingerprint density at radius 3 is 2.13 bits per heavy atom. The molecule has 0 saturated heterocycles. The Labute approximate surface area is 136 Å². The van der Waals surface area contributed by atoms with Crippen molar-refractivity contribution >= 4 is 5.97 Å². The van der Waals surface area contributed by atoms with E-state index in [-0.39, 0.29) is 5.56 Å². The normalized spacial score (nSPS) is 21.7. The van der Waals surface area contributed by atoms with Gasteiger partial charge in [0, 0.05) is 5.41 Å². The molecule has 0 spiro atoms. The number of hydrogen-bond donors (Lipinski definition) is 2. The molecule has 1 aliphatic rings. The van der Waals surface area contributed by atoms with Gasteiger partial charge in [0.25, 0.3) is 0 Å². The lowest BCUT2D eigenvalue weighted by molar-refractivity contribution is -0.0242. The predicted molar refractivity (Wildman–Crippen MR) is 90.0 cm³/mol. The van der Waals surface area contributed by atoms with Gasteiger partial charge in [0.05, 0.1) is 5.56 Å². The predicted octanol–water partition coefficient (Wildman–Crippen LogP) is 4.04. The lowest BCUT2D eigenvalue weighted by Gasteiger charge is -2.54. The molecule has 0 fully saturated rings. The molecule has 3 heteroatoms. The van der Waals surface area contributed by atoms with Gasteiger partial charge in [-0.3, -0.25) is 0 Å². The number of carbonyl (C=O) groups is 1. The van der Waals surface area contributed by atoms with Crippen LogP contribution in [-0.4, -0.2) is 16.2 Å². The molecule has 0 radical (unpaired) electrons. The number of aromatic carboxylic acids is 1. The molecule has 0 saturated carbocycles. The first-order valence-electron chi connectivity index (χ1n) is 7.90. The van der Waals surface area contributed by atoms with Crippen molar-refractivity contribution in [3.63, 3.8) is 0 Å². The number of hydrogen-bond acceptors (Lipinski definition) is 2.